The van der Waals surface area contributed by atoms with E-state index in [9.17, 15) is 9.18 Å². The van der Waals surface area contributed by atoms with E-state index in [0.29, 0.717) is 25.3 Å². The van der Waals surface area contributed by atoms with Gasteiger partial charge in [-0.15, -0.1) is 0 Å². The van der Waals surface area contributed by atoms with E-state index in [2.05, 4.69) is 15.3 Å². The van der Waals surface area contributed by atoms with Crippen molar-refractivity contribution in [2.75, 3.05) is 0 Å². The van der Waals surface area contributed by atoms with E-state index in [1.54, 1.807) is 12.1 Å². The van der Waals surface area contributed by atoms with Gasteiger partial charge in [0, 0.05) is 23.4 Å². The van der Waals surface area contributed by atoms with Gasteiger partial charge in [0.1, 0.15) is 5.82 Å². The number of amides is 1. The SMILES string of the molecule is O=C(c1n[nH]c2c1CCC2)N1Cc2cnn(Cc3ccc(F)cc3)c2C1. The Morgan fingerprint density at radius 3 is 2.88 bits per heavy atom. The Morgan fingerprint density at radius 1 is 1.19 bits per heavy atom. The number of carbonyl (C=O) groups is 1. The van der Waals surface area contributed by atoms with Gasteiger partial charge in [-0.1, -0.05) is 12.1 Å². The van der Waals surface area contributed by atoms with Crippen LogP contribution in [-0.2, 0) is 32.5 Å². The Balaban J connectivity index is 1.36. The summed E-state index contributed by atoms with van der Waals surface area (Å²) in [5.74, 6) is -0.267. The normalized spacial score (nSPS) is 15.3. The Morgan fingerprint density at radius 2 is 2.04 bits per heavy atom. The molecule has 0 atom stereocenters. The molecule has 0 bridgehead atoms. The first-order valence-electron chi connectivity index (χ1n) is 8.82. The second-order valence-corrected chi connectivity index (χ2v) is 6.94. The van der Waals surface area contributed by atoms with E-state index < -0.39 is 0 Å². The Hall–Kier alpha value is -2.96. The fourth-order valence-electron chi connectivity index (χ4n) is 3.90. The zero-order valence-electron chi connectivity index (χ0n) is 14.2. The molecule has 1 N–H and O–H groups in total. The van der Waals surface area contributed by atoms with E-state index in [1.807, 2.05) is 15.8 Å². The van der Waals surface area contributed by atoms with Crippen LogP contribution >= 0.6 is 0 Å². The second kappa shape index (κ2) is 5.79. The predicted octanol–water partition coefficient (Wildman–Crippen LogP) is 2.44. The second-order valence-electron chi connectivity index (χ2n) is 6.94. The average Bonchev–Trinajstić information content (AvgIpc) is 3.37. The van der Waals surface area contributed by atoms with Gasteiger partial charge in [-0.25, -0.2) is 4.39 Å². The highest BCUT2D eigenvalue weighted by Crippen LogP contribution is 2.28. The summed E-state index contributed by atoms with van der Waals surface area (Å²) < 4.78 is 15.0. The average molecular weight is 351 g/mol. The molecular formula is C19H18FN5O. The van der Waals surface area contributed by atoms with Crippen LogP contribution in [0, 0.1) is 5.82 Å². The molecule has 2 aliphatic rings. The highest BCUT2D eigenvalue weighted by Gasteiger charge is 2.32. The van der Waals surface area contributed by atoms with Crippen LogP contribution in [-0.4, -0.2) is 30.8 Å². The Labute approximate surface area is 149 Å². The van der Waals surface area contributed by atoms with E-state index in [4.69, 9.17) is 0 Å². The lowest BCUT2D eigenvalue weighted by Gasteiger charge is -2.15. The van der Waals surface area contributed by atoms with Crippen molar-refractivity contribution in [3.8, 4) is 0 Å². The van der Waals surface area contributed by atoms with Crippen molar-refractivity contribution in [1.82, 2.24) is 24.9 Å². The van der Waals surface area contributed by atoms with Gasteiger partial charge in [0.2, 0.25) is 0 Å². The molecule has 1 aliphatic carbocycles. The number of aryl methyl sites for hydroxylation is 1. The fourth-order valence-corrected chi connectivity index (χ4v) is 3.90. The molecule has 3 heterocycles. The molecular weight excluding hydrogens is 333 g/mol. The zero-order chi connectivity index (χ0) is 17.7. The van der Waals surface area contributed by atoms with Crippen LogP contribution in [0.4, 0.5) is 4.39 Å². The smallest absolute Gasteiger partial charge is 0.275 e. The molecule has 6 nitrogen and oxygen atoms in total. The monoisotopic (exact) mass is 351 g/mol. The van der Waals surface area contributed by atoms with Gasteiger partial charge in [0.15, 0.2) is 5.69 Å². The van der Waals surface area contributed by atoms with E-state index in [-0.39, 0.29) is 11.7 Å². The molecule has 26 heavy (non-hydrogen) atoms. The van der Waals surface area contributed by atoms with Crippen LogP contribution in [0.15, 0.2) is 30.5 Å². The topological polar surface area (TPSA) is 66.8 Å². The van der Waals surface area contributed by atoms with Crippen LogP contribution in [0.5, 0.6) is 0 Å². The molecule has 1 aromatic carbocycles. The number of aromatic amines is 1. The number of halogens is 1. The Kier molecular flexibility index (Phi) is 3.41. The molecule has 132 valence electrons. The number of carbonyl (C=O) groups excluding carboxylic acids is 1. The summed E-state index contributed by atoms with van der Waals surface area (Å²) in [7, 11) is 0. The molecule has 0 spiro atoms. The standard InChI is InChI=1S/C19H18FN5O/c20-14-6-4-12(5-7-14)9-25-17-11-24(10-13(17)8-21-25)19(26)18-15-2-1-3-16(15)22-23-18/h4-8H,1-3,9-11H2,(H,22,23). The number of H-pyrrole nitrogens is 1. The van der Waals surface area contributed by atoms with Crippen molar-refractivity contribution < 1.29 is 9.18 Å². The van der Waals surface area contributed by atoms with Gasteiger partial charge >= 0.3 is 0 Å². The number of fused-ring (bicyclic) bond motifs is 2. The predicted molar refractivity (Wildman–Crippen MR) is 91.9 cm³/mol. The maximum absolute atomic E-state index is 13.1. The van der Waals surface area contributed by atoms with Crippen molar-refractivity contribution >= 4 is 5.91 Å². The van der Waals surface area contributed by atoms with Gasteiger partial charge < -0.3 is 4.90 Å². The molecule has 0 saturated heterocycles. The molecule has 2 aromatic heterocycles. The van der Waals surface area contributed by atoms with E-state index in [0.717, 1.165) is 47.3 Å². The number of benzene rings is 1. The van der Waals surface area contributed by atoms with Crippen LogP contribution in [0.2, 0.25) is 0 Å². The lowest BCUT2D eigenvalue weighted by molar-refractivity contribution is 0.0741. The molecule has 5 rings (SSSR count). The molecule has 1 amide bonds. The van der Waals surface area contributed by atoms with Crippen molar-refractivity contribution in [2.24, 2.45) is 0 Å². The molecule has 7 heteroatoms. The maximum Gasteiger partial charge on any atom is 0.275 e. The minimum Gasteiger partial charge on any atom is -0.327 e. The molecule has 1 aliphatic heterocycles. The van der Waals surface area contributed by atoms with Crippen LogP contribution in [0.1, 0.15) is 45.0 Å². The summed E-state index contributed by atoms with van der Waals surface area (Å²) in [4.78, 5) is 14.7. The number of nitrogens with zero attached hydrogens (tertiary/aromatic N) is 4. The van der Waals surface area contributed by atoms with Crippen LogP contribution < -0.4 is 0 Å². The maximum atomic E-state index is 13.1. The summed E-state index contributed by atoms with van der Waals surface area (Å²) in [5.41, 5.74) is 5.84. The first-order chi connectivity index (χ1) is 12.7. The summed E-state index contributed by atoms with van der Waals surface area (Å²) in [6.45, 7) is 1.64. The van der Waals surface area contributed by atoms with Crippen LogP contribution in [0.3, 0.4) is 0 Å². The van der Waals surface area contributed by atoms with Gasteiger partial charge in [-0.3, -0.25) is 14.6 Å². The third kappa shape index (κ3) is 2.42. The third-order valence-electron chi connectivity index (χ3n) is 5.28. The molecule has 0 fully saturated rings. The van der Waals surface area contributed by atoms with Crippen LogP contribution in [0.25, 0.3) is 0 Å². The summed E-state index contributed by atoms with van der Waals surface area (Å²) in [6.07, 6.45) is 4.80. The molecule has 0 saturated carbocycles. The first-order valence-corrected chi connectivity index (χ1v) is 8.82. The van der Waals surface area contributed by atoms with Gasteiger partial charge in [-0.05, 0) is 37.0 Å². The van der Waals surface area contributed by atoms with Gasteiger partial charge in [-0.2, -0.15) is 10.2 Å². The van der Waals surface area contributed by atoms with Crippen molar-refractivity contribution in [1.29, 1.82) is 0 Å². The number of hydrogen-bond donors (Lipinski definition) is 1. The number of nitrogens with one attached hydrogen (secondary N) is 1. The summed E-state index contributed by atoms with van der Waals surface area (Å²) in [5, 5.41) is 11.7. The lowest BCUT2D eigenvalue weighted by Crippen LogP contribution is -2.27. The number of aromatic nitrogens is 4. The summed E-state index contributed by atoms with van der Waals surface area (Å²) >= 11 is 0. The van der Waals surface area contributed by atoms with E-state index in [1.165, 1.54) is 12.1 Å². The van der Waals surface area contributed by atoms with Gasteiger partial charge in [0.05, 0.1) is 25.0 Å². The number of hydrogen-bond acceptors (Lipinski definition) is 3. The fraction of sp³-hybridized carbons (Fsp3) is 0.316. The molecule has 0 radical (unpaired) electrons. The molecule has 0 unspecified atom stereocenters. The largest absolute Gasteiger partial charge is 0.327 e. The van der Waals surface area contributed by atoms with Crippen molar-refractivity contribution in [3.05, 3.63) is 70.1 Å². The Bertz CT molecular complexity index is 988. The minimum absolute atomic E-state index is 0.0195. The quantitative estimate of drug-likeness (QED) is 0.788. The number of rotatable bonds is 3. The van der Waals surface area contributed by atoms with Crippen molar-refractivity contribution in [3.63, 3.8) is 0 Å². The van der Waals surface area contributed by atoms with E-state index >= 15 is 0 Å². The van der Waals surface area contributed by atoms with Gasteiger partial charge in [0.25, 0.3) is 5.91 Å². The summed E-state index contributed by atoms with van der Waals surface area (Å²) in [6, 6.07) is 6.42. The molecule has 3 aromatic rings. The first kappa shape index (κ1) is 15.3. The minimum atomic E-state index is -0.247. The lowest BCUT2D eigenvalue weighted by atomic mass is 10.2. The third-order valence-corrected chi connectivity index (χ3v) is 5.28. The zero-order valence-corrected chi connectivity index (χ0v) is 14.2. The van der Waals surface area contributed by atoms with Crippen molar-refractivity contribution in [2.45, 2.75) is 38.9 Å². The highest BCUT2D eigenvalue weighted by molar-refractivity contribution is 5.94. The highest BCUT2D eigenvalue weighted by atomic mass is 19.1.